The molecule has 0 aromatic heterocycles. The molecule has 6 nitrogen and oxygen atoms in total. The average Bonchev–Trinajstić information content (AvgIpc) is 2.80. The molecule has 1 aromatic rings. The first-order valence-corrected chi connectivity index (χ1v) is 6.59. The smallest absolute Gasteiger partial charge is 0.163 e. The minimum Gasteiger partial charge on any atom is -0.371 e. The first-order chi connectivity index (χ1) is 9.61. The Bertz CT molecular complexity index is 472. The van der Waals surface area contributed by atoms with Gasteiger partial charge in [-0.05, 0) is 24.9 Å². The molecular formula is C14H19N3O3. The molecule has 0 unspecified atom stereocenters. The third-order valence-corrected chi connectivity index (χ3v) is 3.08. The van der Waals surface area contributed by atoms with Crippen molar-refractivity contribution in [2.45, 2.75) is 38.4 Å². The van der Waals surface area contributed by atoms with Crippen molar-refractivity contribution in [1.29, 1.82) is 0 Å². The quantitative estimate of drug-likeness (QED) is 0.455. The van der Waals surface area contributed by atoms with E-state index in [1.54, 1.807) is 0 Å². The highest BCUT2D eigenvalue weighted by molar-refractivity contribution is 5.13. The van der Waals surface area contributed by atoms with Crippen molar-refractivity contribution < 1.29 is 14.2 Å². The Morgan fingerprint density at radius 2 is 2.20 bits per heavy atom. The molecule has 20 heavy (non-hydrogen) atoms. The zero-order valence-corrected chi connectivity index (χ0v) is 11.7. The molecule has 0 saturated carbocycles. The van der Waals surface area contributed by atoms with E-state index in [1.807, 2.05) is 44.2 Å². The third kappa shape index (κ3) is 4.21. The molecule has 1 heterocycles. The number of benzene rings is 1. The molecule has 0 spiro atoms. The Morgan fingerprint density at radius 3 is 2.80 bits per heavy atom. The van der Waals surface area contributed by atoms with Gasteiger partial charge in [0.15, 0.2) is 5.79 Å². The lowest BCUT2D eigenvalue weighted by molar-refractivity contribution is -0.156. The van der Waals surface area contributed by atoms with Gasteiger partial charge in [-0.3, -0.25) is 0 Å². The van der Waals surface area contributed by atoms with E-state index in [1.165, 1.54) is 0 Å². The molecule has 1 fully saturated rings. The normalized spacial score (nSPS) is 22.2. The van der Waals surface area contributed by atoms with Gasteiger partial charge in [0, 0.05) is 4.91 Å². The second kappa shape index (κ2) is 6.72. The van der Waals surface area contributed by atoms with Crippen LogP contribution in [0.1, 0.15) is 19.4 Å². The van der Waals surface area contributed by atoms with Gasteiger partial charge in [0.25, 0.3) is 0 Å². The van der Waals surface area contributed by atoms with E-state index in [9.17, 15) is 0 Å². The number of azide groups is 1. The maximum absolute atomic E-state index is 8.48. The van der Waals surface area contributed by atoms with Crippen LogP contribution in [0.5, 0.6) is 0 Å². The van der Waals surface area contributed by atoms with Gasteiger partial charge in [-0.1, -0.05) is 35.4 Å². The first kappa shape index (κ1) is 14.8. The fourth-order valence-corrected chi connectivity index (χ4v) is 2.07. The molecule has 6 heteroatoms. The summed E-state index contributed by atoms with van der Waals surface area (Å²) in [7, 11) is 0. The molecular weight excluding hydrogens is 258 g/mol. The average molecular weight is 277 g/mol. The van der Waals surface area contributed by atoms with Crippen LogP contribution in [0.2, 0.25) is 0 Å². The van der Waals surface area contributed by atoms with Gasteiger partial charge in [-0.2, -0.15) is 0 Å². The number of ether oxygens (including phenoxy) is 3. The van der Waals surface area contributed by atoms with Crippen LogP contribution in [0.25, 0.3) is 10.4 Å². The Kier molecular flexibility index (Phi) is 4.98. The van der Waals surface area contributed by atoms with Crippen molar-refractivity contribution in [1.82, 2.24) is 0 Å². The summed E-state index contributed by atoms with van der Waals surface area (Å²) in [4.78, 5) is 2.79. The maximum Gasteiger partial charge on any atom is 0.163 e. The van der Waals surface area contributed by atoms with E-state index in [-0.39, 0.29) is 18.8 Å². The van der Waals surface area contributed by atoms with Gasteiger partial charge in [-0.15, -0.1) is 0 Å². The highest BCUT2D eigenvalue weighted by atomic mass is 16.7. The number of hydrogen-bond acceptors (Lipinski definition) is 4. The SMILES string of the molecule is CC1(C)OC[C@@H]([C@@H](CN=[N+]=[N-])OCc2ccccc2)O1. The minimum atomic E-state index is -0.616. The Labute approximate surface area is 118 Å². The summed E-state index contributed by atoms with van der Waals surface area (Å²) in [5, 5.41) is 3.60. The first-order valence-electron chi connectivity index (χ1n) is 6.59. The molecule has 108 valence electrons. The molecule has 2 rings (SSSR count). The third-order valence-electron chi connectivity index (χ3n) is 3.08. The van der Waals surface area contributed by atoms with Crippen molar-refractivity contribution in [3.05, 3.63) is 46.3 Å². The molecule has 2 atom stereocenters. The summed E-state index contributed by atoms with van der Waals surface area (Å²) in [6.07, 6.45) is -0.535. The summed E-state index contributed by atoms with van der Waals surface area (Å²) >= 11 is 0. The summed E-state index contributed by atoms with van der Waals surface area (Å²) < 4.78 is 17.1. The zero-order valence-electron chi connectivity index (χ0n) is 11.7. The van der Waals surface area contributed by atoms with E-state index in [4.69, 9.17) is 19.7 Å². The molecule has 1 aliphatic heterocycles. The zero-order chi connectivity index (χ0) is 14.4. The molecule has 0 N–H and O–H groups in total. The highest BCUT2D eigenvalue weighted by Gasteiger charge is 2.37. The fourth-order valence-electron chi connectivity index (χ4n) is 2.07. The fraction of sp³-hybridized carbons (Fsp3) is 0.571. The topological polar surface area (TPSA) is 76.5 Å². The summed E-state index contributed by atoms with van der Waals surface area (Å²) in [5.41, 5.74) is 9.54. The van der Waals surface area contributed by atoms with Gasteiger partial charge in [-0.25, -0.2) is 0 Å². The second-order valence-electron chi connectivity index (χ2n) is 5.12. The number of rotatable bonds is 6. The Morgan fingerprint density at radius 1 is 1.45 bits per heavy atom. The van der Waals surface area contributed by atoms with Crippen LogP contribution in [0.4, 0.5) is 0 Å². The molecule has 1 aromatic carbocycles. The lowest BCUT2D eigenvalue weighted by Gasteiger charge is -2.23. The lowest BCUT2D eigenvalue weighted by atomic mass is 10.2. The molecule has 0 aliphatic carbocycles. The van der Waals surface area contributed by atoms with Crippen LogP contribution >= 0.6 is 0 Å². The van der Waals surface area contributed by atoms with Crippen LogP contribution < -0.4 is 0 Å². The number of hydrogen-bond donors (Lipinski definition) is 0. The van der Waals surface area contributed by atoms with Crippen LogP contribution in [-0.2, 0) is 20.8 Å². The predicted molar refractivity (Wildman–Crippen MR) is 73.9 cm³/mol. The Balaban J connectivity index is 1.95. The lowest BCUT2D eigenvalue weighted by Crippen LogP contribution is -2.35. The summed E-state index contributed by atoms with van der Waals surface area (Å²) in [5.74, 6) is -0.616. The van der Waals surface area contributed by atoms with Gasteiger partial charge in [0.05, 0.1) is 25.9 Å². The Hall–Kier alpha value is -1.59. The highest BCUT2D eigenvalue weighted by Crippen LogP contribution is 2.26. The van der Waals surface area contributed by atoms with Crippen molar-refractivity contribution in [3.63, 3.8) is 0 Å². The molecule has 0 bridgehead atoms. The standard InChI is InChI=1S/C14H19N3O3/c1-14(2)19-10-13(20-14)12(8-16-17-15)18-9-11-6-4-3-5-7-11/h3-7,12-13H,8-10H2,1-2H3/t12-,13+/m1/s1. The van der Waals surface area contributed by atoms with Crippen LogP contribution in [0.3, 0.4) is 0 Å². The van der Waals surface area contributed by atoms with Gasteiger partial charge in [0.2, 0.25) is 0 Å². The van der Waals surface area contributed by atoms with E-state index < -0.39 is 5.79 Å². The largest absolute Gasteiger partial charge is 0.371 e. The van der Waals surface area contributed by atoms with E-state index in [0.29, 0.717) is 13.2 Å². The van der Waals surface area contributed by atoms with Crippen LogP contribution in [0.15, 0.2) is 35.4 Å². The summed E-state index contributed by atoms with van der Waals surface area (Å²) in [6, 6.07) is 9.84. The second-order valence-corrected chi connectivity index (χ2v) is 5.12. The van der Waals surface area contributed by atoms with Crippen LogP contribution in [0, 0.1) is 0 Å². The maximum atomic E-state index is 8.48. The van der Waals surface area contributed by atoms with Crippen molar-refractivity contribution >= 4 is 0 Å². The van der Waals surface area contributed by atoms with E-state index in [2.05, 4.69) is 10.0 Å². The number of nitrogens with zero attached hydrogens (tertiary/aromatic N) is 3. The van der Waals surface area contributed by atoms with Crippen molar-refractivity contribution in [2.24, 2.45) is 5.11 Å². The molecule has 1 aliphatic rings. The molecule has 0 amide bonds. The van der Waals surface area contributed by atoms with Gasteiger partial charge < -0.3 is 14.2 Å². The summed E-state index contributed by atoms with van der Waals surface area (Å²) in [6.45, 7) is 4.83. The van der Waals surface area contributed by atoms with Gasteiger partial charge in [0.1, 0.15) is 6.10 Å². The van der Waals surface area contributed by atoms with E-state index in [0.717, 1.165) is 5.56 Å². The monoisotopic (exact) mass is 277 g/mol. The van der Waals surface area contributed by atoms with Crippen molar-refractivity contribution in [2.75, 3.05) is 13.2 Å². The van der Waals surface area contributed by atoms with E-state index >= 15 is 0 Å². The van der Waals surface area contributed by atoms with Crippen molar-refractivity contribution in [3.8, 4) is 0 Å². The molecule has 1 saturated heterocycles. The predicted octanol–water partition coefficient (Wildman–Crippen LogP) is 3.03. The minimum absolute atomic E-state index is 0.223. The van der Waals surface area contributed by atoms with Gasteiger partial charge >= 0.3 is 0 Å². The molecule has 0 radical (unpaired) electrons. The van der Waals surface area contributed by atoms with Crippen LogP contribution in [-0.4, -0.2) is 31.1 Å².